The number of benzene rings is 1. The average Bonchev–Trinajstić information content (AvgIpc) is 2.84. The van der Waals surface area contributed by atoms with Crippen LogP contribution in [0.4, 0.5) is 0 Å². The number of hydrogen-bond donors (Lipinski definition) is 2. The van der Waals surface area contributed by atoms with E-state index in [1.807, 2.05) is 0 Å². The van der Waals surface area contributed by atoms with Crippen LogP contribution in [0.15, 0.2) is 17.5 Å². The maximum atomic E-state index is 10.8. The fraction of sp³-hybridized carbons (Fsp3) is 0.167. The van der Waals surface area contributed by atoms with Crippen molar-refractivity contribution >= 4 is 28.9 Å². The second kappa shape index (κ2) is 5.46. The van der Waals surface area contributed by atoms with E-state index in [1.165, 1.54) is 22.8 Å². The molecule has 1 heterocycles. The van der Waals surface area contributed by atoms with Crippen LogP contribution in [0.1, 0.15) is 17.4 Å². The summed E-state index contributed by atoms with van der Waals surface area (Å²) < 4.78 is 5.26. The van der Waals surface area contributed by atoms with Gasteiger partial charge in [-0.1, -0.05) is 11.6 Å². The number of phenols is 1. The number of aromatic nitrogens is 1. The van der Waals surface area contributed by atoms with Crippen molar-refractivity contribution < 1.29 is 19.7 Å². The number of carboxylic acid groups (broad SMARTS) is 1. The number of aromatic carboxylic acids is 1. The standard InChI is InChI=1S/C12H10ClNO4S/c1-2-18-9-4-6(3-7(13)10(9)15)11-14-8(5-19-11)12(16)17/h3-5,15H,2H2,1H3,(H,16,17). The second-order valence-electron chi connectivity index (χ2n) is 3.58. The zero-order chi connectivity index (χ0) is 14.0. The van der Waals surface area contributed by atoms with Gasteiger partial charge in [0.05, 0.1) is 11.6 Å². The summed E-state index contributed by atoms with van der Waals surface area (Å²) in [4.78, 5) is 14.8. The molecule has 0 unspecified atom stereocenters. The summed E-state index contributed by atoms with van der Waals surface area (Å²) >= 11 is 7.09. The Morgan fingerprint density at radius 1 is 1.53 bits per heavy atom. The van der Waals surface area contributed by atoms with Crippen molar-refractivity contribution in [2.45, 2.75) is 6.92 Å². The normalized spacial score (nSPS) is 10.4. The van der Waals surface area contributed by atoms with Crippen molar-refractivity contribution in [3.63, 3.8) is 0 Å². The number of thiazole rings is 1. The largest absolute Gasteiger partial charge is 0.503 e. The topological polar surface area (TPSA) is 79.7 Å². The zero-order valence-electron chi connectivity index (χ0n) is 9.88. The summed E-state index contributed by atoms with van der Waals surface area (Å²) in [5, 5.41) is 20.6. The van der Waals surface area contributed by atoms with E-state index in [-0.39, 0.29) is 22.2 Å². The molecule has 2 N–H and O–H groups in total. The molecular formula is C12H10ClNO4S. The highest BCUT2D eigenvalue weighted by Gasteiger charge is 2.15. The van der Waals surface area contributed by atoms with Gasteiger partial charge in [-0.3, -0.25) is 0 Å². The van der Waals surface area contributed by atoms with Crippen LogP contribution in [0, 0.1) is 0 Å². The first kappa shape index (κ1) is 13.6. The molecule has 0 aliphatic heterocycles. The summed E-state index contributed by atoms with van der Waals surface area (Å²) in [5.74, 6) is -0.975. The molecule has 0 saturated heterocycles. The maximum absolute atomic E-state index is 10.8. The fourth-order valence-electron chi connectivity index (χ4n) is 1.47. The minimum Gasteiger partial charge on any atom is -0.503 e. The van der Waals surface area contributed by atoms with Gasteiger partial charge in [0.2, 0.25) is 0 Å². The number of carbonyl (C=O) groups is 1. The minimum atomic E-state index is -1.09. The lowest BCUT2D eigenvalue weighted by Gasteiger charge is -2.08. The first-order valence-corrected chi connectivity index (χ1v) is 6.63. The minimum absolute atomic E-state index is 0.0258. The molecule has 2 rings (SSSR count). The number of hydrogen-bond acceptors (Lipinski definition) is 5. The lowest BCUT2D eigenvalue weighted by atomic mass is 10.2. The van der Waals surface area contributed by atoms with E-state index in [9.17, 15) is 9.90 Å². The molecule has 0 atom stereocenters. The number of carboxylic acids is 1. The van der Waals surface area contributed by atoms with Gasteiger partial charge in [0.25, 0.3) is 0 Å². The van der Waals surface area contributed by atoms with Crippen LogP contribution in [0.25, 0.3) is 10.6 Å². The molecule has 2 aromatic rings. The molecule has 1 aromatic carbocycles. The number of phenolic OH excluding ortho intramolecular Hbond substituents is 1. The van der Waals surface area contributed by atoms with Gasteiger partial charge in [0, 0.05) is 10.9 Å². The molecule has 0 radical (unpaired) electrons. The third kappa shape index (κ3) is 2.80. The molecule has 7 heteroatoms. The highest BCUT2D eigenvalue weighted by Crippen LogP contribution is 2.39. The number of rotatable bonds is 4. The SMILES string of the molecule is CCOc1cc(-c2nc(C(=O)O)cs2)cc(Cl)c1O. The number of nitrogens with zero attached hydrogens (tertiary/aromatic N) is 1. The van der Waals surface area contributed by atoms with Gasteiger partial charge in [0.15, 0.2) is 17.2 Å². The van der Waals surface area contributed by atoms with Gasteiger partial charge >= 0.3 is 5.97 Å². The lowest BCUT2D eigenvalue weighted by molar-refractivity contribution is 0.0691. The summed E-state index contributed by atoms with van der Waals surface area (Å²) in [6.07, 6.45) is 0. The van der Waals surface area contributed by atoms with Gasteiger partial charge in [-0.15, -0.1) is 11.3 Å². The molecule has 0 saturated carbocycles. The summed E-state index contributed by atoms with van der Waals surface area (Å²) in [6.45, 7) is 2.16. The van der Waals surface area contributed by atoms with Crippen molar-refractivity contribution in [3.05, 3.63) is 28.2 Å². The summed E-state index contributed by atoms with van der Waals surface area (Å²) in [7, 11) is 0. The van der Waals surface area contributed by atoms with Crippen molar-refractivity contribution in [2.75, 3.05) is 6.61 Å². The zero-order valence-corrected chi connectivity index (χ0v) is 11.5. The molecule has 0 aliphatic carbocycles. The Hall–Kier alpha value is -1.79. The van der Waals surface area contributed by atoms with Crippen molar-refractivity contribution in [1.82, 2.24) is 4.98 Å². The molecule has 19 heavy (non-hydrogen) atoms. The highest BCUT2D eigenvalue weighted by molar-refractivity contribution is 7.13. The quantitative estimate of drug-likeness (QED) is 0.905. The summed E-state index contributed by atoms with van der Waals surface area (Å²) in [5.41, 5.74) is 0.575. The Balaban J connectivity index is 2.46. The predicted molar refractivity (Wildman–Crippen MR) is 72.4 cm³/mol. The van der Waals surface area contributed by atoms with Crippen LogP contribution in [0.3, 0.4) is 0 Å². The highest BCUT2D eigenvalue weighted by atomic mass is 35.5. The summed E-state index contributed by atoms with van der Waals surface area (Å²) in [6, 6.07) is 3.10. The van der Waals surface area contributed by atoms with Crippen LogP contribution in [0.5, 0.6) is 11.5 Å². The van der Waals surface area contributed by atoms with E-state index in [0.29, 0.717) is 17.2 Å². The molecule has 100 valence electrons. The molecular weight excluding hydrogens is 290 g/mol. The number of halogens is 1. The van der Waals surface area contributed by atoms with Gasteiger partial charge < -0.3 is 14.9 Å². The Kier molecular flexibility index (Phi) is 3.92. The van der Waals surface area contributed by atoms with Crippen LogP contribution in [-0.2, 0) is 0 Å². The van der Waals surface area contributed by atoms with Gasteiger partial charge in [-0.05, 0) is 19.1 Å². The molecule has 5 nitrogen and oxygen atoms in total. The van der Waals surface area contributed by atoms with E-state index in [2.05, 4.69) is 4.98 Å². The monoisotopic (exact) mass is 299 g/mol. The average molecular weight is 300 g/mol. The van der Waals surface area contributed by atoms with E-state index < -0.39 is 5.97 Å². The van der Waals surface area contributed by atoms with Gasteiger partial charge in [-0.2, -0.15) is 0 Å². The van der Waals surface area contributed by atoms with E-state index in [0.717, 1.165) is 0 Å². The van der Waals surface area contributed by atoms with Crippen LogP contribution in [0.2, 0.25) is 5.02 Å². The van der Waals surface area contributed by atoms with Crippen molar-refractivity contribution in [3.8, 4) is 22.1 Å². The molecule has 0 bridgehead atoms. The number of aromatic hydroxyl groups is 1. The number of ether oxygens (including phenoxy) is 1. The Morgan fingerprint density at radius 3 is 2.84 bits per heavy atom. The van der Waals surface area contributed by atoms with E-state index >= 15 is 0 Å². The van der Waals surface area contributed by atoms with Gasteiger partial charge in [0.1, 0.15) is 5.01 Å². The van der Waals surface area contributed by atoms with E-state index in [1.54, 1.807) is 13.0 Å². The molecule has 0 spiro atoms. The van der Waals surface area contributed by atoms with E-state index in [4.69, 9.17) is 21.4 Å². The lowest BCUT2D eigenvalue weighted by Crippen LogP contribution is -1.96. The molecule has 0 aliphatic rings. The Morgan fingerprint density at radius 2 is 2.26 bits per heavy atom. The van der Waals surface area contributed by atoms with Crippen molar-refractivity contribution in [2.24, 2.45) is 0 Å². The first-order valence-electron chi connectivity index (χ1n) is 5.37. The van der Waals surface area contributed by atoms with Crippen LogP contribution < -0.4 is 4.74 Å². The first-order chi connectivity index (χ1) is 9.02. The predicted octanol–water partition coefficient (Wildman–Crippen LogP) is 3.27. The third-order valence-electron chi connectivity index (χ3n) is 2.30. The van der Waals surface area contributed by atoms with Crippen LogP contribution >= 0.6 is 22.9 Å². The van der Waals surface area contributed by atoms with Crippen LogP contribution in [-0.4, -0.2) is 27.8 Å². The third-order valence-corrected chi connectivity index (χ3v) is 3.48. The van der Waals surface area contributed by atoms with Gasteiger partial charge in [-0.25, -0.2) is 9.78 Å². The fourth-order valence-corrected chi connectivity index (χ4v) is 2.46. The Bertz CT molecular complexity index is 626. The second-order valence-corrected chi connectivity index (χ2v) is 4.85. The smallest absolute Gasteiger partial charge is 0.355 e. The van der Waals surface area contributed by atoms with Crippen molar-refractivity contribution in [1.29, 1.82) is 0 Å². The maximum Gasteiger partial charge on any atom is 0.355 e. The molecule has 0 fully saturated rings. The molecule has 1 aromatic heterocycles. The molecule has 0 amide bonds. The Labute approximate surface area is 118 Å².